The van der Waals surface area contributed by atoms with E-state index in [0.29, 0.717) is 54.3 Å². The molecular formula is C44H52F2N10O6. The molecule has 4 fully saturated rings. The van der Waals surface area contributed by atoms with Gasteiger partial charge in [0.1, 0.15) is 18.1 Å². The number of aromatic nitrogens is 6. The number of imide groups is 1. The number of pyridine rings is 1. The van der Waals surface area contributed by atoms with Gasteiger partial charge in [0.25, 0.3) is 12.3 Å². The minimum absolute atomic E-state index is 0.0286. The molecule has 2 saturated carbocycles. The topological polar surface area (TPSA) is 183 Å². The van der Waals surface area contributed by atoms with Crippen molar-refractivity contribution >= 4 is 40.3 Å². The fraction of sp³-hybridized carbons (Fsp3) is 0.523. The van der Waals surface area contributed by atoms with Crippen molar-refractivity contribution in [3.8, 4) is 11.5 Å². The maximum Gasteiger partial charge on any atom is 0.329 e. The van der Waals surface area contributed by atoms with Crippen molar-refractivity contribution in [3.63, 3.8) is 0 Å². The van der Waals surface area contributed by atoms with Gasteiger partial charge in [-0.15, -0.1) is 0 Å². The van der Waals surface area contributed by atoms with E-state index in [1.165, 1.54) is 29.9 Å². The SMILES string of the molecule is Cn1c(=O)n(C2CCC(=O)NC2=O)c2cccc(CCCOCC3CN(C[C@H]4CC[C@H](n5cc(NC(=O)c6coc(-c7ccnc(NCC8CC8)c7)n6)c(C(F)F)n5)CC4)C3)c21. The van der Waals surface area contributed by atoms with Gasteiger partial charge in [0.05, 0.1) is 29.4 Å². The Balaban J connectivity index is 0.700. The second kappa shape index (κ2) is 17.9. The van der Waals surface area contributed by atoms with Gasteiger partial charge >= 0.3 is 5.69 Å². The molecule has 2 aliphatic heterocycles. The minimum atomic E-state index is -2.86. The number of alkyl halides is 2. The number of piperidine rings is 1. The molecule has 1 aromatic carbocycles. The van der Waals surface area contributed by atoms with Gasteiger partial charge in [0, 0.05) is 70.1 Å². The molecule has 1 atom stereocenters. The second-order valence-corrected chi connectivity index (χ2v) is 17.4. The molecule has 18 heteroatoms. The third-order valence-corrected chi connectivity index (χ3v) is 12.8. The number of rotatable bonds is 17. The number of imidazole rings is 1. The highest BCUT2D eigenvalue weighted by Crippen LogP contribution is 2.36. The number of hydrogen-bond donors (Lipinski definition) is 3. The molecule has 4 aliphatic rings. The van der Waals surface area contributed by atoms with Crippen LogP contribution in [-0.2, 0) is 27.8 Å². The number of nitrogens with one attached hydrogen (secondary N) is 3. The number of benzene rings is 1. The zero-order valence-corrected chi connectivity index (χ0v) is 34.7. The van der Waals surface area contributed by atoms with Crippen LogP contribution in [0.3, 0.4) is 0 Å². The average molecular weight is 855 g/mol. The van der Waals surface area contributed by atoms with Crippen LogP contribution >= 0.6 is 0 Å². The fourth-order valence-electron chi connectivity index (χ4n) is 9.23. The van der Waals surface area contributed by atoms with Crippen molar-refractivity contribution in [3.05, 3.63) is 76.4 Å². The van der Waals surface area contributed by atoms with Crippen LogP contribution in [0.15, 0.2) is 58.2 Å². The summed E-state index contributed by atoms with van der Waals surface area (Å²) in [6.45, 7) is 5.07. The summed E-state index contributed by atoms with van der Waals surface area (Å²) in [6, 6.07) is 8.54. The number of fused-ring (bicyclic) bond motifs is 1. The van der Waals surface area contributed by atoms with Crippen LogP contribution < -0.4 is 21.6 Å². The van der Waals surface area contributed by atoms with E-state index in [0.717, 1.165) is 75.8 Å². The number of carbonyl (C=O) groups is 3. The van der Waals surface area contributed by atoms with Gasteiger partial charge in [-0.1, -0.05) is 12.1 Å². The molecule has 328 valence electrons. The summed E-state index contributed by atoms with van der Waals surface area (Å²) < 4.78 is 44.6. The minimum Gasteiger partial charge on any atom is -0.444 e. The molecule has 3 N–H and O–H groups in total. The summed E-state index contributed by atoms with van der Waals surface area (Å²) in [7, 11) is 1.72. The lowest BCUT2D eigenvalue weighted by atomic mass is 9.84. The molecule has 5 aromatic rings. The number of oxazole rings is 1. The predicted molar refractivity (Wildman–Crippen MR) is 225 cm³/mol. The molecular weight excluding hydrogens is 803 g/mol. The lowest BCUT2D eigenvalue weighted by Crippen LogP contribution is -2.50. The molecule has 1 unspecified atom stereocenters. The molecule has 2 saturated heterocycles. The standard InChI is InChI=1S/C44H52F2N10O6/c1-53-39-29(4-2-6-34(39)56(44(53)60)35-13-14-37(57)51-42(35)59)5-3-17-61-24-28-21-54(22-28)20-27-9-11-31(12-10-27)55-23-32(38(52-55)40(45)46)49-41(58)33-25-62-43(50-33)30-15-16-47-36(18-30)48-19-26-7-8-26/h2,4,6,15-16,18,23,25-28,31,35,40H,3,5,7-14,17,19-22,24H2,1H3,(H,47,48)(H,49,58)(H,51,57,59)/t27-,31-,35?. The first-order chi connectivity index (χ1) is 30.1. The van der Waals surface area contributed by atoms with Crippen LogP contribution in [0.5, 0.6) is 0 Å². The van der Waals surface area contributed by atoms with E-state index in [-0.39, 0.29) is 41.3 Å². The van der Waals surface area contributed by atoms with Gasteiger partial charge in [-0.25, -0.2) is 23.5 Å². The summed E-state index contributed by atoms with van der Waals surface area (Å²) >= 11 is 0. The van der Waals surface area contributed by atoms with E-state index < -0.39 is 30.0 Å². The van der Waals surface area contributed by atoms with Crippen LogP contribution in [-0.4, -0.2) is 90.9 Å². The monoisotopic (exact) mass is 854 g/mol. The number of aryl methyl sites for hydroxylation is 2. The number of halogens is 2. The predicted octanol–water partition coefficient (Wildman–Crippen LogP) is 5.89. The highest BCUT2D eigenvalue weighted by Gasteiger charge is 2.34. The molecule has 6 heterocycles. The molecule has 9 rings (SSSR count). The molecule has 2 aliphatic carbocycles. The van der Waals surface area contributed by atoms with Crippen molar-refractivity contribution in [2.45, 2.75) is 82.7 Å². The van der Waals surface area contributed by atoms with Crippen molar-refractivity contribution < 1.29 is 32.3 Å². The maximum atomic E-state index is 14.1. The number of hydrogen-bond acceptors (Lipinski definition) is 11. The second-order valence-electron chi connectivity index (χ2n) is 17.4. The van der Waals surface area contributed by atoms with Crippen molar-refractivity contribution in [2.75, 3.05) is 50.0 Å². The Kier molecular flexibility index (Phi) is 12.0. The van der Waals surface area contributed by atoms with Crippen molar-refractivity contribution in [1.82, 2.24) is 39.1 Å². The van der Waals surface area contributed by atoms with E-state index in [9.17, 15) is 28.0 Å². The third kappa shape index (κ3) is 9.07. The molecule has 3 amide bonds. The Morgan fingerprint density at radius 2 is 1.84 bits per heavy atom. The van der Waals surface area contributed by atoms with Crippen molar-refractivity contribution in [2.24, 2.45) is 24.8 Å². The number of nitrogens with zero attached hydrogens (tertiary/aromatic N) is 7. The maximum absolute atomic E-state index is 14.1. The first-order valence-corrected chi connectivity index (χ1v) is 21.7. The lowest BCUT2D eigenvalue weighted by Gasteiger charge is -2.42. The average Bonchev–Trinajstić information content (AvgIpc) is 3.66. The van der Waals surface area contributed by atoms with E-state index >= 15 is 0 Å². The zero-order chi connectivity index (χ0) is 42.9. The Hall–Kier alpha value is -5.75. The van der Waals surface area contributed by atoms with Gasteiger partial charge in [0.15, 0.2) is 11.4 Å². The molecule has 4 aromatic heterocycles. The van der Waals surface area contributed by atoms with Gasteiger partial charge < -0.3 is 24.7 Å². The van der Waals surface area contributed by atoms with E-state index in [2.05, 4.69) is 35.9 Å². The number of anilines is 2. The van der Waals surface area contributed by atoms with Crippen LogP contribution in [0.25, 0.3) is 22.5 Å². The van der Waals surface area contributed by atoms with E-state index in [1.54, 1.807) is 34.6 Å². The Morgan fingerprint density at radius 3 is 2.61 bits per heavy atom. The zero-order valence-electron chi connectivity index (χ0n) is 34.7. The number of carbonyl (C=O) groups excluding carboxylic acids is 3. The number of likely N-dealkylation sites (tertiary alicyclic amines) is 1. The summed E-state index contributed by atoms with van der Waals surface area (Å²) in [6.07, 6.45) is 9.46. The highest BCUT2D eigenvalue weighted by molar-refractivity contribution is 6.03. The van der Waals surface area contributed by atoms with Gasteiger partial charge in [0.2, 0.25) is 17.7 Å². The normalized spacial score (nSPS) is 21.1. The summed E-state index contributed by atoms with van der Waals surface area (Å²) in [5, 5.41) is 12.5. The van der Waals surface area contributed by atoms with Gasteiger partial charge in [-0.3, -0.25) is 33.5 Å². The highest BCUT2D eigenvalue weighted by atomic mass is 19.3. The van der Waals surface area contributed by atoms with Crippen LogP contribution in [0.4, 0.5) is 20.3 Å². The van der Waals surface area contributed by atoms with Crippen LogP contribution in [0, 0.1) is 17.8 Å². The number of ether oxygens (including phenoxy) is 1. The fourth-order valence-corrected chi connectivity index (χ4v) is 9.23. The Labute approximate surface area is 356 Å². The molecule has 16 nitrogen and oxygen atoms in total. The van der Waals surface area contributed by atoms with E-state index in [1.807, 2.05) is 18.2 Å². The lowest BCUT2D eigenvalue weighted by molar-refractivity contribution is -0.135. The Morgan fingerprint density at radius 1 is 1.03 bits per heavy atom. The Bertz CT molecular complexity index is 2490. The van der Waals surface area contributed by atoms with E-state index in [4.69, 9.17) is 9.15 Å². The van der Waals surface area contributed by atoms with Crippen molar-refractivity contribution in [1.29, 1.82) is 0 Å². The largest absolute Gasteiger partial charge is 0.444 e. The van der Waals surface area contributed by atoms with Gasteiger partial charge in [-0.2, -0.15) is 5.10 Å². The number of amides is 3. The first-order valence-electron chi connectivity index (χ1n) is 21.7. The molecule has 62 heavy (non-hydrogen) atoms. The molecule has 0 bridgehead atoms. The van der Waals surface area contributed by atoms with Crippen LogP contribution in [0.1, 0.15) is 98.0 Å². The summed E-state index contributed by atoms with van der Waals surface area (Å²) in [5.41, 5.74) is 2.34. The van der Waals surface area contributed by atoms with Crippen LogP contribution in [0.2, 0.25) is 0 Å². The summed E-state index contributed by atoms with van der Waals surface area (Å²) in [5.74, 6) is 1.15. The summed E-state index contributed by atoms with van der Waals surface area (Å²) in [4.78, 5) is 61.8. The van der Waals surface area contributed by atoms with Gasteiger partial charge in [-0.05, 0) is 93.4 Å². The quantitative estimate of drug-likeness (QED) is 0.0750. The number of para-hydroxylation sites is 1. The third-order valence-electron chi connectivity index (χ3n) is 12.8. The molecule has 0 spiro atoms. The first kappa shape index (κ1) is 41.6. The molecule has 0 radical (unpaired) electrons. The smallest absolute Gasteiger partial charge is 0.329 e.